The number of aliphatic hydroxyl groups excluding tert-OH is 1. The number of halogens is 1. The van der Waals surface area contributed by atoms with Crippen LogP contribution in [0.25, 0.3) is 0 Å². The van der Waals surface area contributed by atoms with Gasteiger partial charge in [0, 0.05) is 18.7 Å². The van der Waals surface area contributed by atoms with E-state index in [1.54, 1.807) is 0 Å². The highest BCUT2D eigenvalue weighted by molar-refractivity contribution is 9.10. The zero-order chi connectivity index (χ0) is 10.6. The van der Waals surface area contributed by atoms with E-state index in [9.17, 15) is 5.11 Å². The highest BCUT2D eigenvalue weighted by Crippen LogP contribution is 2.29. The van der Waals surface area contributed by atoms with Crippen molar-refractivity contribution < 1.29 is 10.2 Å². The molecule has 3 N–H and O–H groups in total. The molecule has 0 spiro atoms. The molecule has 4 heteroatoms. The van der Waals surface area contributed by atoms with Gasteiger partial charge in [0.15, 0.2) is 0 Å². The minimum atomic E-state index is 0.105. The summed E-state index contributed by atoms with van der Waals surface area (Å²) in [6, 6.07) is 3.79. The first-order valence-corrected chi connectivity index (χ1v) is 5.24. The first kappa shape index (κ1) is 11.5. The molecule has 78 valence electrons. The fourth-order valence-corrected chi connectivity index (χ4v) is 1.86. The zero-order valence-corrected chi connectivity index (χ0v) is 9.63. The van der Waals surface area contributed by atoms with Gasteiger partial charge in [-0.2, -0.15) is 0 Å². The average molecular weight is 260 g/mol. The fourth-order valence-electron chi connectivity index (χ4n) is 1.24. The summed E-state index contributed by atoms with van der Waals surface area (Å²) in [6.07, 6.45) is 0. The predicted molar refractivity (Wildman–Crippen MR) is 59.3 cm³/mol. The van der Waals surface area contributed by atoms with Gasteiger partial charge in [-0.3, -0.25) is 0 Å². The third-order valence-corrected chi connectivity index (χ3v) is 2.50. The molecule has 0 bridgehead atoms. The molecule has 0 unspecified atom stereocenters. The Morgan fingerprint density at radius 1 is 1.43 bits per heavy atom. The van der Waals surface area contributed by atoms with Gasteiger partial charge in [0.1, 0.15) is 5.75 Å². The Morgan fingerprint density at radius 3 is 2.79 bits per heavy atom. The van der Waals surface area contributed by atoms with Gasteiger partial charge in [0.25, 0.3) is 0 Å². The Balaban J connectivity index is 2.75. The van der Waals surface area contributed by atoms with Crippen LogP contribution in [0.1, 0.15) is 11.1 Å². The lowest BCUT2D eigenvalue weighted by Crippen LogP contribution is -2.17. The van der Waals surface area contributed by atoms with Crippen molar-refractivity contribution in [2.24, 2.45) is 0 Å². The van der Waals surface area contributed by atoms with Crippen LogP contribution in [0.3, 0.4) is 0 Å². The highest BCUT2D eigenvalue weighted by atomic mass is 79.9. The van der Waals surface area contributed by atoms with Gasteiger partial charge in [-0.15, -0.1) is 0 Å². The second-order valence-electron chi connectivity index (χ2n) is 3.15. The number of hydrogen-bond donors (Lipinski definition) is 3. The van der Waals surface area contributed by atoms with Crippen molar-refractivity contribution in [3.63, 3.8) is 0 Å². The molecule has 1 aromatic carbocycles. The Kier molecular flexibility index (Phi) is 4.38. The molecule has 0 radical (unpaired) electrons. The highest BCUT2D eigenvalue weighted by Gasteiger charge is 2.05. The molecule has 0 saturated carbocycles. The maximum absolute atomic E-state index is 9.67. The first-order valence-electron chi connectivity index (χ1n) is 4.44. The van der Waals surface area contributed by atoms with Gasteiger partial charge in [0.2, 0.25) is 0 Å². The van der Waals surface area contributed by atoms with Crippen molar-refractivity contribution in [2.45, 2.75) is 13.5 Å². The molecule has 0 amide bonds. The summed E-state index contributed by atoms with van der Waals surface area (Å²) in [5.41, 5.74) is 1.93. The predicted octanol–water partition coefficient (Wildman–Crippen LogP) is 1.55. The van der Waals surface area contributed by atoms with E-state index in [4.69, 9.17) is 5.11 Å². The number of aryl methyl sites for hydroxylation is 1. The lowest BCUT2D eigenvalue weighted by atomic mass is 10.1. The first-order chi connectivity index (χ1) is 6.65. The van der Waals surface area contributed by atoms with Crippen LogP contribution in [0.4, 0.5) is 0 Å². The molecule has 0 aliphatic heterocycles. The smallest absolute Gasteiger partial charge is 0.134 e. The molecule has 14 heavy (non-hydrogen) atoms. The maximum atomic E-state index is 9.67. The van der Waals surface area contributed by atoms with E-state index in [0.29, 0.717) is 17.6 Å². The third-order valence-electron chi connectivity index (χ3n) is 1.89. The van der Waals surface area contributed by atoms with E-state index >= 15 is 0 Å². The Labute approximate surface area is 91.9 Å². The van der Waals surface area contributed by atoms with Crippen LogP contribution in [0, 0.1) is 6.92 Å². The fraction of sp³-hybridized carbons (Fsp3) is 0.400. The van der Waals surface area contributed by atoms with Gasteiger partial charge in [-0.25, -0.2) is 0 Å². The summed E-state index contributed by atoms with van der Waals surface area (Å²) in [4.78, 5) is 0. The van der Waals surface area contributed by atoms with Crippen molar-refractivity contribution in [3.05, 3.63) is 27.7 Å². The zero-order valence-electron chi connectivity index (χ0n) is 8.05. The summed E-state index contributed by atoms with van der Waals surface area (Å²) in [5, 5.41) is 21.3. The van der Waals surface area contributed by atoms with Crippen LogP contribution in [0.5, 0.6) is 5.75 Å². The normalized spacial score (nSPS) is 10.5. The quantitative estimate of drug-likeness (QED) is 0.720. The summed E-state index contributed by atoms with van der Waals surface area (Å²) in [7, 11) is 0. The molecule has 0 heterocycles. The minimum Gasteiger partial charge on any atom is -0.506 e. The second kappa shape index (κ2) is 5.34. The Hall–Kier alpha value is -0.580. The lowest BCUT2D eigenvalue weighted by Gasteiger charge is -2.08. The van der Waals surface area contributed by atoms with Crippen LogP contribution in [-0.2, 0) is 6.54 Å². The molecular formula is C10H14BrNO2. The van der Waals surface area contributed by atoms with Gasteiger partial charge >= 0.3 is 0 Å². The van der Waals surface area contributed by atoms with Crippen molar-refractivity contribution >= 4 is 15.9 Å². The van der Waals surface area contributed by atoms with Gasteiger partial charge in [0.05, 0.1) is 11.1 Å². The standard InChI is InChI=1S/C10H14BrNO2/c1-7-4-8(6-12-2-3-13)10(14)9(11)5-7/h4-5,12-14H,2-3,6H2,1H3. The van der Waals surface area contributed by atoms with Crippen molar-refractivity contribution in [2.75, 3.05) is 13.2 Å². The van der Waals surface area contributed by atoms with Crippen LogP contribution in [0.2, 0.25) is 0 Å². The summed E-state index contributed by atoms with van der Waals surface area (Å²) >= 11 is 3.28. The largest absolute Gasteiger partial charge is 0.506 e. The minimum absolute atomic E-state index is 0.105. The number of benzene rings is 1. The van der Waals surface area contributed by atoms with Crippen LogP contribution in [-0.4, -0.2) is 23.4 Å². The second-order valence-corrected chi connectivity index (χ2v) is 4.01. The van der Waals surface area contributed by atoms with Gasteiger partial charge in [-0.05, 0) is 34.5 Å². The number of hydrogen-bond acceptors (Lipinski definition) is 3. The lowest BCUT2D eigenvalue weighted by molar-refractivity contribution is 0.291. The molecule has 1 rings (SSSR count). The topological polar surface area (TPSA) is 52.5 Å². The number of phenolic OH excluding ortho intramolecular Hbond substituents is 1. The van der Waals surface area contributed by atoms with E-state index in [-0.39, 0.29) is 12.4 Å². The maximum Gasteiger partial charge on any atom is 0.134 e. The monoisotopic (exact) mass is 259 g/mol. The van der Waals surface area contributed by atoms with E-state index in [1.165, 1.54) is 0 Å². The molecule has 0 aromatic heterocycles. The van der Waals surface area contributed by atoms with E-state index in [0.717, 1.165) is 11.1 Å². The van der Waals surface area contributed by atoms with E-state index in [1.807, 2.05) is 19.1 Å². The van der Waals surface area contributed by atoms with Crippen LogP contribution < -0.4 is 5.32 Å². The van der Waals surface area contributed by atoms with Gasteiger partial charge < -0.3 is 15.5 Å². The summed E-state index contributed by atoms with van der Waals surface area (Å²) < 4.78 is 0.707. The third kappa shape index (κ3) is 2.97. The number of nitrogens with one attached hydrogen (secondary N) is 1. The molecule has 3 nitrogen and oxygen atoms in total. The van der Waals surface area contributed by atoms with Crippen LogP contribution in [0.15, 0.2) is 16.6 Å². The molecule has 0 saturated heterocycles. The number of phenols is 1. The number of rotatable bonds is 4. The van der Waals surface area contributed by atoms with Crippen molar-refractivity contribution in [1.29, 1.82) is 0 Å². The molecular weight excluding hydrogens is 246 g/mol. The number of aliphatic hydroxyl groups is 1. The van der Waals surface area contributed by atoms with E-state index < -0.39 is 0 Å². The Morgan fingerprint density at radius 2 is 2.14 bits per heavy atom. The van der Waals surface area contributed by atoms with E-state index in [2.05, 4.69) is 21.2 Å². The average Bonchev–Trinajstić information content (AvgIpc) is 2.13. The summed E-state index contributed by atoms with van der Waals surface area (Å²) in [5.74, 6) is 0.265. The van der Waals surface area contributed by atoms with Crippen molar-refractivity contribution in [1.82, 2.24) is 5.32 Å². The molecule has 0 fully saturated rings. The SMILES string of the molecule is Cc1cc(Br)c(O)c(CNCCO)c1. The molecule has 0 aliphatic carbocycles. The molecule has 0 atom stereocenters. The van der Waals surface area contributed by atoms with Gasteiger partial charge in [-0.1, -0.05) is 6.07 Å². The Bertz CT molecular complexity index is 315. The molecule has 1 aromatic rings. The molecule has 0 aliphatic rings. The van der Waals surface area contributed by atoms with Crippen LogP contribution >= 0.6 is 15.9 Å². The van der Waals surface area contributed by atoms with Crippen molar-refractivity contribution in [3.8, 4) is 5.75 Å². The number of aromatic hydroxyl groups is 1. The summed E-state index contributed by atoms with van der Waals surface area (Å²) in [6.45, 7) is 3.17.